The first-order valence-electron chi connectivity index (χ1n) is 8.48. The summed E-state index contributed by atoms with van der Waals surface area (Å²) in [6.07, 6.45) is 0.0797. The van der Waals surface area contributed by atoms with Crippen LogP contribution in [0.25, 0.3) is 0 Å². The molecule has 0 heterocycles. The number of carboxylic acids is 1. The summed E-state index contributed by atoms with van der Waals surface area (Å²) < 4.78 is 10.8. The van der Waals surface area contributed by atoms with Crippen molar-refractivity contribution in [2.24, 2.45) is 0 Å². The molecule has 1 rings (SSSR count). The van der Waals surface area contributed by atoms with Gasteiger partial charge in [0.05, 0.1) is 24.2 Å². The third kappa shape index (κ3) is 7.00. The number of carbonyl (C=O) groups is 2. The van der Waals surface area contributed by atoms with Crippen LogP contribution in [-0.4, -0.2) is 40.8 Å². The van der Waals surface area contributed by atoms with Crippen LogP contribution in [0.3, 0.4) is 0 Å². The second kappa shape index (κ2) is 9.60. The van der Waals surface area contributed by atoms with E-state index < -0.39 is 22.5 Å². The zero-order valence-electron chi connectivity index (χ0n) is 15.8. The van der Waals surface area contributed by atoms with E-state index in [1.165, 1.54) is 12.1 Å². The summed E-state index contributed by atoms with van der Waals surface area (Å²) in [4.78, 5) is 33.7. The molecule has 0 bridgehead atoms. The van der Waals surface area contributed by atoms with Crippen molar-refractivity contribution in [1.29, 1.82) is 0 Å². The third-order valence-electron chi connectivity index (χ3n) is 3.52. The highest BCUT2D eigenvalue weighted by Gasteiger charge is 2.25. The number of rotatable bonds is 10. The van der Waals surface area contributed by atoms with Crippen molar-refractivity contribution >= 4 is 23.4 Å². The third-order valence-corrected chi connectivity index (χ3v) is 3.52. The van der Waals surface area contributed by atoms with E-state index in [0.717, 1.165) is 0 Å². The molecule has 3 N–H and O–H groups in total. The van der Waals surface area contributed by atoms with Crippen molar-refractivity contribution in [3.8, 4) is 11.5 Å². The highest BCUT2D eigenvalue weighted by molar-refractivity contribution is 5.93. The van der Waals surface area contributed by atoms with E-state index in [1.807, 2.05) is 0 Å². The molecule has 0 saturated heterocycles. The first kappa shape index (κ1) is 22.0. The van der Waals surface area contributed by atoms with E-state index in [2.05, 4.69) is 10.6 Å². The molecule has 27 heavy (non-hydrogen) atoms. The Kier molecular flexibility index (Phi) is 7.82. The van der Waals surface area contributed by atoms with Crippen molar-refractivity contribution in [2.75, 3.05) is 18.5 Å². The topological polar surface area (TPSA) is 140 Å². The van der Waals surface area contributed by atoms with Gasteiger partial charge >= 0.3 is 12.0 Å². The number of nitrogens with one attached hydrogen (secondary N) is 2. The van der Waals surface area contributed by atoms with Gasteiger partial charge in [-0.05, 0) is 34.1 Å². The molecule has 150 valence electrons. The van der Waals surface area contributed by atoms with Gasteiger partial charge < -0.3 is 25.2 Å². The zero-order valence-corrected chi connectivity index (χ0v) is 15.8. The summed E-state index contributed by atoms with van der Waals surface area (Å²) in [7, 11) is 0. The van der Waals surface area contributed by atoms with Crippen LogP contribution in [0.15, 0.2) is 12.1 Å². The van der Waals surface area contributed by atoms with Crippen molar-refractivity contribution in [3.63, 3.8) is 0 Å². The van der Waals surface area contributed by atoms with Crippen molar-refractivity contribution < 1.29 is 29.1 Å². The monoisotopic (exact) mass is 383 g/mol. The van der Waals surface area contributed by atoms with E-state index in [9.17, 15) is 19.7 Å². The summed E-state index contributed by atoms with van der Waals surface area (Å²) in [6, 6.07) is 1.83. The Morgan fingerprint density at radius 1 is 1.19 bits per heavy atom. The number of nitro benzene ring substituents is 1. The summed E-state index contributed by atoms with van der Waals surface area (Å²) >= 11 is 0. The molecule has 2 amide bonds. The average Bonchev–Trinajstić information content (AvgIpc) is 2.54. The number of nitro groups is 1. The number of nitrogens with zero attached hydrogens (tertiary/aromatic N) is 1. The smallest absolute Gasteiger partial charge is 0.319 e. The zero-order chi connectivity index (χ0) is 20.6. The van der Waals surface area contributed by atoms with Crippen LogP contribution in [0.5, 0.6) is 11.5 Å². The molecule has 0 radical (unpaired) electrons. The predicted octanol–water partition coefficient (Wildman–Crippen LogP) is 3.16. The van der Waals surface area contributed by atoms with Gasteiger partial charge in [0.15, 0.2) is 11.5 Å². The van der Waals surface area contributed by atoms with Gasteiger partial charge in [-0.3, -0.25) is 14.9 Å². The van der Waals surface area contributed by atoms with E-state index in [-0.39, 0.29) is 35.7 Å². The number of ether oxygens (including phenoxy) is 2. The van der Waals surface area contributed by atoms with Crippen LogP contribution in [0, 0.1) is 10.1 Å². The minimum absolute atomic E-state index is 0.0570. The highest BCUT2D eigenvalue weighted by atomic mass is 16.6. The van der Waals surface area contributed by atoms with Crippen molar-refractivity contribution in [3.05, 3.63) is 22.2 Å². The van der Waals surface area contributed by atoms with E-state index in [0.29, 0.717) is 13.2 Å². The highest BCUT2D eigenvalue weighted by Crippen LogP contribution is 2.38. The molecule has 0 aliphatic rings. The number of carboxylic acid groups (broad SMARTS) is 1. The fourth-order valence-corrected chi connectivity index (χ4v) is 2.28. The lowest BCUT2D eigenvalue weighted by molar-refractivity contribution is -0.384. The molecular weight excluding hydrogens is 358 g/mol. The predicted molar refractivity (Wildman–Crippen MR) is 98.5 cm³/mol. The number of urea groups is 1. The SMILES string of the molecule is CCOc1cc(NC(=O)NC(C)(C)CCC(=O)O)c([N+](=O)[O-])cc1OCC. The Morgan fingerprint density at radius 2 is 1.74 bits per heavy atom. The van der Waals surface area contributed by atoms with Gasteiger partial charge in [0.25, 0.3) is 5.69 Å². The van der Waals surface area contributed by atoms with Crippen molar-refractivity contribution in [1.82, 2.24) is 5.32 Å². The molecule has 1 aromatic carbocycles. The van der Waals surface area contributed by atoms with Gasteiger partial charge in [-0.25, -0.2) is 4.79 Å². The summed E-state index contributed by atoms with van der Waals surface area (Å²) in [6.45, 7) is 7.41. The molecule has 10 heteroatoms. The maximum atomic E-state index is 12.3. The molecule has 10 nitrogen and oxygen atoms in total. The molecule has 0 aromatic heterocycles. The summed E-state index contributed by atoms with van der Waals surface area (Å²) in [5.41, 5.74) is -1.22. The van der Waals surface area contributed by atoms with Crippen LogP contribution in [0.1, 0.15) is 40.5 Å². The normalized spacial score (nSPS) is 10.8. The Morgan fingerprint density at radius 3 is 2.22 bits per heavy atom. The Balaban J connectivity index is 3.06. The van der Waals surface area contributed by atoms with Gasteiger partial charge in [0.2, 0.25) is 0 Å². The molecular formula is C17H25N3O7. The molecule has 0 atom stereocenters. The summed E-state index contributed by atoms with van der Waals surface area (Å²) in [5.74, 6) is -0.502. The molecule has 1 aromatic rings. The molecule has 0 aliphatic carbocycles. The number of hydrogen-bond donors (Lipinski definition) is 3. The first-order chi connectivity index (χ1) is 12.6. The van der Waals surface area contributed by atoms with Crippen molar-refractivity contribution in [2.45, 2.75) is 46.1 Å². The maximum Gasteiger partial charge on any atom is 0.319 e. The number of carbonyl (C=O) groups excluding carboxylic acids is 1. The quantitative estimate of drug-likeness (QED) is 0.416. The van der Waals surface area contributed by atoms with Gasteiger partial charge in [-0.15, -0.1) is 0 Å². The van der Waals surface area contributed by atoms with Crippen LogP contribution >= 0.6 is 0 Å². The lowest BCUT2D eigenvalue weighted by Crippen LogP contribution is -2.45. The number of anilines is 1. The minimum Gasteiger partial charge on any atom is -0.490 e. The Labute approximate surface area is 157 Å². The Bertz CT molecular complexity index is 704. The molecule has 0 fully saturated rings. The summed E-state index contributed by atoms with van der Waals surface area (Å²) in [5, 5.41) is 25.2. The number of aliphatic carboxylic acids is 1. The average molecular weight is 383 g/mol. The first-order valence-corrected chi connectivity index (χ1v) is 8.48. The minimum atomic E-state index is -0.978. The largest absolute Gasteiger partial charge is 0.490 e. The number of amides is 2. The van der Waals surface area contributed by atoms with E-state index in [4.69, 9.17) is 14.6 Å². The van der Waals surface area contributed by atoms with E-state index in [1.54, 1.807) is 27.7 Å². The lowest BCUT2D eigenvalue weighted by Gasteiger charge is -2.25. The van der Waals surface area contributed by atoms with Gasteiger partial charge in [-0.1, -0.05) is 0 Å². The van der Waals surface area contributed by atoms with Gasteiger partial charge in [-0.2, -0.15) is 0 Å². The molecule has 0 aliphatic heterocycles. The van der Waals surface area contributed by atoms with Crippen LogP contribution < -0.4 is 20.1 Å². The standard InChI is InChI=1S/C17H25N3O7/c1-5-26-13-9-11(12(20(24)25)10-14(13)27-6-2)18-16(23)19-17(3,4)8-7-15(21)22/h9-10H,5-8H2,1-4H3,(H,21,22)(H2,18,19,23). The fourth-order valence-electron chi connectivity index (χ4n) is 2.28. The van der Waals surface area contributed by atoms with Gasteiger partial charge in [0, 0.05) is 18.0 Å². The number of benzene rings is 1. The molecule has 0 saturated carbocycles. The molecule has 0 spiro atoms. The maximum absolute atomic E-state index is 12.3. The lowest BCUT2D eigenvalue weighted by atomic mass is 9.99. The van der Waals surface area contributed by atoms with Gasteiger partial charge in [0.1, 0.15) is 5.69 Å². The fraction of sp³-hybridized carbons (Fsp3) is 0.529. The molecule has 0 unspecified atom stereocenters. The van der Waals surface area contributed by atoms with Crippen LogP contribution in [0.2, 0.25) is 0 Å². The van der Waals surface area contributed by atoms with Crippen LogP contribution in [-0.2, 0) is 4.79 Å². The second-order valence-corrected chi connectivity index (χ2v) is 6.30. The van der Waals surface area contributed by atoms with Crippen LogP contribution in [0.4, 0.5) is 16.2 Å². The second-order valence-electron chi connectivity index (χ2n) is 6.30. The Hall–Kier alpha value is -3.04. The number of hydrogen-bond acceptors (Lipinski definition) is 6. The van der Waals surface area contributed by atoms with E-state index >= 15 is 0 Å².